The van der Waals surface area contributed by atoms with E-state index in [0.29, 0.717) is 23.8 Å². The number of hydrogen-bond donors (Lipinski definition) is 2. The van der Waals surface area contributed by atoms with Crippen LogP contribution >= 0.6 is 15.9 Å². The molecule has 2 heterocycles. The number of rotatable bonds is 5. The summed E-state index contributed by atoms with van der Waals surface area (Å²) in [5.74, 6) is 1.15. The average Bonchev–Trinajstić information content (AvgIpc) is 3.21. The van der Waals surface area contributed by atoms with Crippen molar-refractivity contribution in [2.75, 3.05) is 23.8 Å². The molecule has 2 atom stereocenters. The molecular weight excluding hydrogens is 485 g/mol. The third kappa shape index (κ3) is 4.68. The third-order valence-electron chi connectivity index (χ3n) is 5.69. The van der Waals surface area contributed by atoms with E-state index in [1.807, 2.05) is 19.1 Å². The summed E-state index contributed by atoms with van der Waals surface area (Å²) in [7, 11) is 0. The first-order chi connectivity index (χ1) is 15.1. The molecule has 0 spiro atoms. The molecule has 0 amide bonds. The molecule has 1 saturated heterocycles. The highest BCUT2D eigenvalue weighted by molar-refractivity contribution is 9.10. The molecule has 1 unspecified atom stereocenters. The minimum Gasteiger partial charge on any atom is -0.379 e. The fourth-order valence-electron chi connectivity index (χ4n) is 4.07. The summed E-state index contributed by atoms with van der Waals surface area (Å²) in [6.07, 6.45) is -3.47. The molecule has 0 aliphatic carbocycles. The van der Waals surface area contributed by atoms with Gasteiger partial charge in [-0.25, -0.2) is 9.97 Å². The Morgan fingerprint density at radius 1 is 1.19 bits per heavy atom. The largest absolute Gasteiger partial charge is 0.416 e. The highest BCUT2D eigenvalue weighted by Gasteiger charge is 2.33. The molecule has 32 heavy (non-hydrogen) atoms. The van der Waals surface area contributed by atoms with E-state index in [1.165, 1.54) is 13.0 Å². The van der Waals surface area contributed by atoms with E-state index in [0.717, 1.165) is 40.2 Å². The Balaban J connectivity index is 1.71. The van der Waals surface area contributed by atoms with Gasteiger partial charge < -0.3 is 15.4 Å². The lowest BCUT2D eigenvalue weighted by Crippen LogP contribution is -2.19. The normalized spacial score (nSPS) is 17.5. The van der Waals surface area contributed by atoms with Gasteiger partial charge >= 0.3 is 6.18 Å². The van der Waals surface area contributed by atoms with Gasteiger partial charge in [0.15, 0.2) is 0 Å². The Morgan fingerprint density at radius 2 is 1.97 bits per heavy atom. The van der Waals surface area contributed by atoms with Crippen LogP contribution < -0.4 is 10.6 Å². The molecule has 4 rings (SSSR count). The van der Waals surface area contributed by atoms with E-state index >= 15 is 0 Å². The molecule has 0 bridgehead atoms. The first-order valence-electron chi connectivity index (χ1n) is 10.4. The molecule has 0 radical (unpaired) electrons. The second kappa shape index (κ2) is 8.86. The Kier molecular flexibility index (Phi) is 6.31. The summed E-state index contributed by atoms with van der Waals surface area (Å²) in [5, 5.41) is 7.59. The van der Waals surface area contributed by atoms with Crippen molar-refractivity contribution in [3.63, 3.8) is 0 Å². The first kappa shape index (κ1) is 22.8. The number of aromatic nitrogens is 2. The smallest absolute Gasteiger partial charge is 0.379 e. The number of ether oxygens (including phenoxy) is 1. The molecule has 2 N–H and O–H groups in total. The maximum atomic E-state index is 13.4. The highest BCUT2D eigenvalue weighted by Crippen LogP contribution is 2.36. The van der Waals surface area contributed by atoms with E-state index in [9.17, 15) is 13.2 Å². The van der Waals surface area contributed by atoms with E-state index < -0.39 is 17.8 Å². The highest BCUT2D eigenvalue weighted by atomic mass is 79.9. The molecule has 0 saturated carbocycles. The van der Waals surface area contributed by atoms with Crippen LogP contribution in [-0.4, -0.2) is 29.2 Å². The topological polar surface area (TPSA) is 59.1 Å². The van der Waals surface area contributed by atoms with Crippen LogP contribution in [0.15, 0.2) is 34.8 Å². The summed E-state index contributed by atoms with van der Waals surface area (Å²) < 4.78 is 46.4. The number of nitrogens with zero attached hydrogens (tertiary/aromatic N) is 2. The summed E-state index contributed by atoms with van der Waals surface area (Å²) in [6, 6.07) is 7.98. The molecule has 170 valence electrons. The second-order valence-electron chi connectivity index (χ2n) is 8.06. The van der Waals surface area contributed by atoms with Crippen LogP contribution in [0, 0.1) is 13.8 Å². The number of halogens is 4. The molecule has 1 aliphatic heterocycles. The number of hydrogen-bond acceptors (Lipinski definition) is 5. The Morgan fingerprint density at radius 3 is 2.66 bits per heavy atom. The monoisotopic (exact) mass is 508 g/mol. The van der Waals surface area contributed by atoms with Crippen LogP contribution in [0.2, 0.25) is 0 Å². The van der Waals surface area contributed by atoms with E-state index in [4.69, 9.17) is 4.74 Å². The Labute approximate surface area is 192 Å². The number of anilines is 2. The van der Waals surface area contributed by atoms with Crippen LogP contribution in [0.3, 0.4) is 0 Å². The molecular formula is C23H24BrF3N4O. The number of fused-ring (bicyclic) bond motifs is 1. The van der Waals surface area contributed by atoms with Crippen molar-refractivity contribution < 1.29 is 17.9 Å². The van der Waals surface area contributed by atoms with Gasteiger partial charge in [-0.2, -0.15) is 13.2 Å². The number of aryl methyl sites for hydroxylation is 1. The van der Waals surface area contributed by atoms with Gasteiger partial charge in [-0.15, -0.1) is 0 Å². The van der Waals surface area contributed by atoms with Gasteiger partial charge in [0, 0.05) is 22.2 Å². The predicted molar refractivity (Wildman–Crippen MR) is 123 cm³/mol. The van der Waals surface area contributed by atoms with Gasteiger partial charge in [0.2, 0.25) is 0 Å². The Hall–Kier alpha value is -2.39. The van der Waals surface area contributed by atoms with E-state index in [2.05, 4.69) is 36.5 Å². The maximum Gasteiger partial charge on any atom is 0.416 e. The zero-order valence-electron chi connectivity index (χ0n) is 18.0. The molecule has 1 aromatic heterocycles. The predicted octanol–water partition coefficient (Wildman–Crippen LogP) is 6.40. The minimum atomic E-state index is -4.39. The van der Waals surface area contributed by atoms with Crippen LogP contribution in [0.5, 0.6) is 0 Å². The minimum absolute atomic E-state index is 0.210. The lowest BCUT2D eigenvalue weighted by atomic mass is 9.97. The molecule has 1 aliphatic rings. The van der Waals surface area contributed by atoms with Crippen molar-refractivity contribution in [1.29, 1.82) is 0 Å². The number of benzene rings is 2. The zero-order valence-corrected chi connectivity index (χ0v) is 19.6. The Bertz CT molecular complexity index is 1150. The van der Waals surface area contributed by atoms with Crippen molar-refractivity contribution in [3.8, 4) is 0 Å². The number of alkyl halides is 3. The third-order valence-corrected chi connectivity index (χ3v) is 6.34. The summed E-state index contributed by atoms with van der Waals surface area (Å²) in [6.45, 7) is 6.50. The van der Waals surface area contributed by atoms with Gasteiger partial charge in [0.1, 0.15) is 11.6 Å². The SMILES string of the molecule is Cc1nc(NC(C)c2cccc(C(F)(F)F)c2C)c2cc(N[C@H]3CCOC3)c(Br)cc2n1. The molecule has 2 aromatic carbocycles. The van der Waals surface area contributed by atoms with Crippen molar-refractivity contribution in [3.05, 3.63) is 57.3 Å². The standard InChI is InChI=1S/C23H24BrF3N4O/c1-12-16(5-4-6-18(12)23(25,26)27)13(2)28-22-17-9-21(31-15-7-8-32-11-15)19(24)10-20(17)29-14(3)30-22/h4-6,9-10,13,15,31H,7-8,11H2,1-3H3,(H,28,29,30)/t13?,15-/m0/s1. The lowest BCUT2D eigenvalue weighted by Gasteiger charge is -2.21. The molecule has 5 nitrogen and oxygen atoms in total. The van der Waals surface area contributed by atoms with Crippen molar-refractivity contribution in [2.24, 2.45) is 0 Å². The van der Waals surface area contributed by atoms with Crippen LogP contribution in [0.25, 0.3) is 10.9 Å². The van der Waals surface area contributed by atoms with Gasteiger partial charge in [-0.1, -0.05) is 12.1 Å². The zero-order chi connectivity index (χ0) is 23.0. The molecule has 3 aromatic rings. The van der Waals surface area contributed by atoms with Crippen molar-refractivity contribution in [2.45, 2.75) is 45.5 Å². The quantitative estimate of drug-likeness (QED) is 0.417. The van der Waals surface area contributed by atoms with Crippen molar-refractivity contribution in [1.82, 2.24) is 9.97 Å². The summed E-state index contributed by atoms with van der Waals surface area (Å²) in [5.41, 5.74) is 1.80. The fraction of sp³-hybridized carbons (Fsp3) is 0.391. The van der Waals surface area contributed by atoms with Crippen LogP contribution in [0.4, 0.5) is 24.7 Å². The lowest BCUT2D eigenvalue weighted by molar-refractivity contribution is -0.138. The van der Waals surface area contributed by atoms with Gasteiger partial charge in [-0.05, 0) is 72.4 Å². The van der Waals surface area contributed by atoms with Gasteiger partial charge in [-0.3, -0.25) is 0 Å². The molecule has 9 heteroatoms. The van der Waals surface area contributed by atoms with Crippen molar-refractivity contribution >= 4 is 38.3 Å². The van der Waals surface area contributed by atoms with Crippen LogP contribution in [0.1, 0.15) is 41.9 Å². The maximum absolute atomic E-state index is 13.4. The van der Waals surface area contributed by atoms with Crippen LogP contribution in [-0.2, 0) is 10.9 Å². The summed E-state index contributed by atoms with van der Waals surface area (Å²) >= 11 is 3.61. The molecule has 1 fully saturated rings. The summed E-state index contributed by atoms with van der Waals surface area (Å²) in [4.78, 5) is 9.09. The fourth-order valence-corrected chi connectivity index (χ4v) is 4.51. The average molecular weight is 509 g/mol. The van der Waals surface area contributed by atoms with Gasteiger partial charge in [0.25, 0.3) is 0 Å². The van der Waals surface area contributed by atoms with Gasteiger partial charge in [0.05, 0.1) is 29.8 Å². The second-order valence-corrected chi connectivity index (χ2v) is 8.91. The number of nitrogens with one attached hydrogen (secondary N) is 2. The first-order valence-corrected chi connectivity index (χ1v) is 11.2. The van der Waals surface area contributed by atoms with E-state index in [-0.39, 0.29) is 11.6 Å². The van der Waals surface area contributed by atoms with E-state index in [1.54, 1.807) is 13.0 Å².